The summed E-state index contributed by atoms with van der Waals surface area (Å²) in [6, 6.07) is 2.60. The lowest BCUT2D eigenvalue weighted by molar-refractivity contribution is -0.138. The van der Waals surface area contributed by atoms with Crippen molar-refractivity contribution in [1.29, 1.82) is 0 Å². The fourth-order valence-corrected chi connectivity index (χ4v) is 2.64. The highest BCUT2D eigenvalue weighted by Gasteiger charge is 2.27. The third kappa shape index (κ3) is 3.41. The number of carbonyl (C=O) groups is 1. The quantitative estimate of drug-likeness (QED) is 0.870. The van der Waals surface area contributed by atoms with Crippen molar-refractivity contribution in [2.45, 2.75) is 12.5 Å². The molecule has 1 heterocycles. The summed E-state index contributed by atoms with van der Waals surface area (Å²) < 4.78 is 19.1. The summed E-state index contributed by atoms with van der Waals surface area (Å²) >= 11 is 11.7. The van der Waals surface area contributed by atoms with E-state index in [2.05, 4.69) is 0 Å². The van der Waals surface area contributed by atoms with Crippen LogP contribution in [0.3, 0.4) is 0 Å². The van der Waals surface area contributed by atoms with Crippen LogP contribution in [0.1, 0.15) is 18.1 Å². The molecule has 0 saturated carbocycles. The van der Waals surface area contributed by atoms with E-state index >= 15 is 0 Å². The Labute approximate surface area is 126 Å². The van der Waals surface area contributed by atoms with E-state index in [9.17, 15) is 9.18 Å². The van der Waals surface area contributed by atoms with Crippen LogP contribution in [0.25, 0.3) is 0 Å². The van der Waals surface area contributed by atoms with Crippen LogP contribution in [0.4, 0.5) is 4.39 Å². The molecule has 7 heteroatoms. The van der Waals surface area contributed by atoms with E-state index in [0.717, 1.165) is 0 Å². The van der Waals surface area contributed by atoms with Gasteiger partial charge in [0.1, 0.15) is 11.9 Å². The average molecular weight is 321 g/mol. The SMILES string of the molecule is NCCC(=O)N1CCOC(c2cc(F)c(Cl)cc2Cl)C1. The zero-order valence-corrected chi connectivity index (χ0v) is 12.3. The van der Waals surface area contributed by atoms with Gasteiger partial charge in [-0.15, -0.1) is 0 Å². The van der Waals surface area contributed by atoms with E-state index in [1.807, 2.05) is 0 Å². The van der Waals surface area contributed by atoms with E-state index in [1.54, 1.807) is 4.90 Å². The van der Waals surface area contributed by atoms with Crippen molar-refractivity contribution in [1.82, 2.24) is 4.90 Å². The van der Waals surface area contributed by atoms with E-state index in [4.69, 9.17) is 33.7 Å². The zero-order chi connectivity index (χ0) is 14.7. The minimum absolute atomic E-state index is 0.0358. The first-order valence-corrected chi connectivity index (χ1v) is 7.02. The van der Waals surface area contributed by atoms with Gasteiger partial charge in [-0.05, 0) is 12.1 Å². The highest BCUT2D eigenvalue weighted by atomic mass is 35.5. The molecule has 110 valence electrons. The second-order valence-corrected chi connectivity index (χ2v) is 5.34. The maximum absolute atomic E-state index is 13.5. The summed E-state index contributed by atoms with van der Waals surface area (Å²) in [6.07, 6.45) is -0.167. The van der Waals surface area contributed by atoms with Crippen LogP contribution in [-0.4, -0.2) is 37.0 Å². The van der Waals surface area contributed by atoms with Crippen LogP contribution in [0, 0.1) is 5.82 Å². The molecule has 1 fully saturated rings. The molecule has 0 radical (unpaired) electrons. The van der Waals surface area contributed by atoms with Gasteiger partial charge in [-0.1, -0.05) is 23.2 Å². The molecule has 1 aromatic rings. The number of nitrogens with zero attached hydrogens (tertiary/aromatic N) is 1. The lowest BCUT2D eigenvalue weighted by Gasteiger charge is -2.33. The predicted molar refractivity (Wildman–Crippen MR) is 75.4 cm³/mol. The number of carbonyl (C=O) groups excluding carboxylic acids is 1. The standard InChI is InChI=1S/C13H15Cl2FN2O2/c14-9-6-10(15)11(16)5-8(9)12-7-18(3-4-20-12)13(19)1-2-17/h5-6,12H,1-4,7,17H2. The normalized spacial score (nSPS) is 19.2. The van der Waals surface area contributed by atoms with Crippen LogP contribution in [-0.2, 0) is 9.53 Å². The summed E-state index contributed by atoms with van der Waals surface area (Å²) in [5, 5.41) is 0.292. The van der Waals surface area contributed by atoms with Crippen LogP contribution < -0.4 is 5.73 Å². The molecule has 20 heavy (non-hydrogen) atoms. The Morgan fingerprint density at radius 3 is 2.90 bits per heavy atom. The van der Waals surface area contributed by atoms with E-state index in [0.29, 0.717) is 36.8 Å². The van der Waals surface area contributed by atoms with Gasteiger partial charge in [0.25, 0.3) is 0 Å². The number of nitrogens with two attached hydrogens (primary N) is 1. The maximum Gasteiger partial charge on any atom is 0.224 e. The molecular formula is C13H15Cl2FN2O2. The lowest BCUT2D eigenvalue weighted by atomic mass is 10.1. The number of rotatable bonds is 3. The molecule has 0 spiro atoms. The zero-order valence-electron chi connectivity index (χ0n) is 10.7. The Morgan fingerprint density at radius 1 is 1.45 bits per heavy atom. The molecule has 1 aliphatic rings. The van der Waals surface area contributed by atoms with Gasteiger partial charge in [-0.3, -0.25) is 4.79 Å². The third-order valence-corrected chi connectivity index (χ3v) is 3.78. The fraction of sp³-hybridized carbons (Fsp3) is 0.462. The Hall–Kier alpha value is -0.880. The van der Waals surface area contributed by atoms with Gasteiger partial charge in [-0.2, -0.15) is 0 Å². The van der Waals surface area contributed by atoms with Gasteiger partial charge in [-0.25, -0.2) is 4.39 Å². The highest BCUT2D eigenvalue weighted by Crippen LogP contribution is 2.32. The van der Waals surface area contributed by atoms with Crippen molar-refractivity contribution >= 4 is 29.1 Å². The van der Waals surface area contributed by atoms with Crippen molar-refractivity contribution in [2.24, 2.45) is 5.73 Å². The smallest absolute Gasteiger partial charge is 0.224 e. The molecule has 1 atom stereocenters. The first-order valence-electron chi connectivity index (χ1n) is 6.26. The second-order valence-electron chi connectivity index (χ2n) is 4.53. The maximum atomic E-state index is 13.5. The molecule has 0 aromatic heterocycles. The largest absolute Gasteiger partial charge is 0.370 e. The van der Waals surface area contributed by atoms with Gasteiger partial charge < -0.3 is 15.4 Å². The number of morpholine rings is 1. The minimum atomic E-state index is -0.555. The van der Waals surface area contributed by atoms with Crippen LogP contribution in [0.2, 0.25) is 10.0 Å². The molecule has 0 aliphatic carbocycles. The van der Waals surface area contributed by atoms with Crippen molar-refractivity contribution in [3.05, 3.63) is 33.6 Å². The molecule has 4 nitrogen and oxygen atoms in total. The number of halogens is 3. The predicted octanol–water partition coefficient (Wildman–Crippen LogP) is 2.38. The molecule has 2 rings (SSSR count). The number of hydrogen-bond donors (Lipinski definition) is 1. The summed E-state index contributed by atoms with van der Waals surface area (Å²) in [4.78, 5) is 13.5. The van der Waals surface area contributed by atoms with Crippen molar-refractivity contribution < 1.29 is 13.9 Å². The topological polar surface area (TPSA) is 55.6 Å². The van der Waals surface area contributed by atoms with Crippen molar-refractivity contribution in [2.75, 3.05) is 26.2 Å². The summed E-state index contributed by atoms with van der Waals surface area (Å²) in [6.45, 7) is 1.52. The average Bonchev–Trinajstić information content (AvgIpc) is 2.43. The minimum Gasteiger partial charge on any atom is -0.370 e. The molecule has 1 aromatic carbocycles. The Morgan fingerprint density at radius 2 is 2.20 bits per heavy atom. The molecule has 0 bridgehead atoms. The Bertz CT molecular complexity index is 513. The van der Waals surface area contributed by atoms with E-state index < -0.39 is 11.9 Å². The van der Waals surface area contributed by atoms with Gasteiger partial charge in [0.2, 0.25) is 5.91 Å². The van der Waals surface area contributed by atoms with Gasteiger partial charge in [0.05, 0.1) is 18.2 Å². The number of hydrogen-bond acceptors (Lipinski definition) is 3. The number of amides is 1. The number of benzene rings is 1. The molecule has 1 aliphatic heterocycles. The highest BCUT2D eigenvalue weighted by molar-refractivity contribution is 6.35. The molecule has 1 saturated heterocycles. The Kier molecular flexibility index (Phi) is 5.21. The van der Waals surface area contributed by atoms with Gasteiger partial charge in [0, 0.05) is 30.1 Å². The fourth-order valence-electron chi connectivity index (χ4n) is 2.13. The van der Waals surface area contributed by atoms with Gasteiger partial charge in [0.15, 0.2) is 0 Å². The van der Waals surface area contributed by atoms with Gasteiger partial charge >= 0.3 is 0 Å². The number of ether oxygens (including phenoxy) is 1. The lowest BCUT2D eigenvalue weighted by Crippen LogP contribution is -2.42. The molecule has 1 amide bonds. The van der Waals surface area contributed by atoms with Crippen LogP contribution >= 0.6 is 23.2 Å². The second kappa shape index (κ2) is 6.72. The molecule has 2 N–H and O–H groups in total. The van der Waals surface area contributed by atoms with Crippen molar-refractivity contribution in [3.63, 3.8) is 0 Å². The summed E-state index contributed by atoms with van der Waals surface area (Å²) in [5.41, 5.74) is 5.88. The first-order chi connectivity index (χ1) is 9.52. The third-order valence-electron chi connectivity index (χ3n) is 3.16. The van der Waals surface area contributed by atoms with E-state index in [1.165, 1.54) is 12.1 Å². The van der Waals surface area contributed by atoms with Crippen LogP contribution in [0.5, 0.6) is 0 Å². The van der Waals surface area contributed by atoms with E-state index in [-0.39, 0.29) is 17.4 Å². The molecule has 1 unspecified atom stereocenters. The molecular weight excluding hydrogens is 306 g/mol. The monoisotopic (exact) mass is 320 g/mol. The Balaban J connectivity index is 2.17. The van der Waals surface area contributed by atoms with Crippen LogP contribution in [0.15, 0.2) is 12.1 Å². The summed E-state index contributed by atoms with van der Waals surface area (Å²) in [7, 11) is 0. The van der Waals surface area contributed by atoms with Crippen molar-refractivity contribution in [3.8, 4) is 0 Å². The summed E-state index contributed by atoms with van der Waals surface area (Å²) in [5.74, 6) is -0.591. The first kappa shape index (κ1) is 15.5.